The molecule has 1 aromatic heterocycles. The highest BCUT2D eigenvalue weighted by molar-refractivity contribution is 5.02. The Morgan fingerprint density at radius 1 is 1.53 bits per heavy atom. The minimum Gasteiger partial charge on any atom is -0.394 e. The number of aliphatic hydroxyl groups excluding tert-OH is 2. The number of hydrogen-bond donors (Lipinski definition) is 4. The predicted octanol–water partition coefficient (Wildman–Crippen LogP) is -2.07. The van der Waals surface area contributed by atoms with Crippen LogP contribution in [0.5, 0.6) is 0 Å². The number of aliphatic hydroxyl groups is 3. The molecule has 1 fully saturated rings. The zero-order valence-corrected chi connectivity index (χ0v) is 10.3. The highest BCUT2D eigenvalue weighted by Gasteiger charge is 2.54. The van der Waals surface area contributed by atoms with Gasteiger partial charge >= 0.3 is 5.69 Å². The van der Waals surface area contributed by atoms with Gasteiger partial charge in [-0.1, -0.05) is 6.92 Å². The van der Waals surface area contributed by atoms with Crippen LogP contribution >= 0.6 is 0 Å². The molecule has 0 radical (unpaired) electrons. The van der Waals surface area contributed by atoms with Crippen LogP contribution in [-0.2, 0) is 4.74 Å². The quantitative estimate of drug-likeness (QED) is 0.501. The SMILES string of the molecule is CC[C@@]1(O)[C@@H](CO)O[C@@H](n2ccc(=O)[nH]c2=O)[C@@H]1O. The number of H-pyrrole nitrogens is 1. The molecule has 8 heteroatoms. The number of aromatic nitrogens is 2. The summed E-state index contributed by atoms with van der Waals surface area (Å²) in [5.74, 6) is 0. The summed E-state index contributed by atoms with van der Waals surface area (Å²) in [6.07, 6.45) is -2.24. The van der Waals surface area contributed by atoms with E-state index < -0.39 is 41.9 Å². The molecular formula is C11H16N2O6. The second-order valence-corrected chi connectivity index (χ2v) is 4.50. The minimum atomic E-state index is -1.64. The van der Waals surface area contributed by atoms with Gasteiger partial charge in [0, 0.05) is 12.3 Å². The summed E-state index contributed by atoms with van der Waals surface area (Å²) in [5, 5.41) is 29.6. The molecule has 1 aromatic rings. The monoisotopic (exact) mass is 272 g/mol. The third-order valence-electron chi connectivity index (χ3n) is 3.50. The maximum atomic E-state index is 11.6. The first-order chi connectivity index (χ1) is 8.93. The lowest BCUT2D eigenvalue weighted by Crippen LogP contribution is -2.49. The second kappa shape index (κ2) is 4.89. The molecule has 8 nitrogen and oxygen atoms in total. The third-order valence-corrected chi connectivity index (χ3v) is 3.50. The van der Waals surface area contributed by atoms with Crippen molar-refractivity contribution < 1.29 is 20.1 Å². The van der Waals surface area contributed by atoms with Crippen LogP contribution < -0.4 is 11.2 Å². The van der Waals surface area contributed by atoms with Gasteiger partial charge in [0.15, 0.2) is 6.23 Å². The summed E-state index contributed by atoms with van der Waals surface area (Å²) in [6.45, 7) is 1.14. The predicted molar refractivity (Wildman–Crippen MR) is 63.6 cm³/mol. The fourth-order valence-electron chi connectivity index (χ4n) is 2.28. The van der Waals surface area contributed by atoms with Crippen LogP contribution in [0.25, 0.3) is 0 Å². The fraction of sp³-hybridized carbons (Fsp3) is 0.636. The van der Waals surface area contributed by atoms with E-state index in [1.807, 2.05) is 4.98 Å². The topological polar surface area (TPSA) is 125 Å². The molecule has 19 heavy (non-hydrogen) atoms. The fourth-order valence-corrected chi connectivity index (χ4v) is 2.28. The first kappa shape index (κ1) is 13.9. The van der Waals surface area contributed by atoms with Gasteiger partial charge in [-0.05, 0) is 6.42 Å². The Bertz CT molecular complexity index is 567. The summed E-state index contributed by atoms with van der Waals surface area (Å²) >= 11 is 0. The second-order valence-electron chi connectivity index (χ2n) is 4.50. The molecule has 0 saturated carbocycles. The molecule has 106 valence electrons. The van der Waals surface area contributed by atoms with Gasteiger partial charge in [-0.3, -0.25) is 14.3 Å². The summed E-state index contributed by atoms with van der Waals surface area (Å²) in [5.41, 5.74) is -2.97. The van der Waals surface area contributed by atoms with Gasteiger partial charge in [-0.2, -0.15) is 0 Å². The maximum absolute atomic E-state index is 11.6. The van der Waals surface area contributed by atoms with Crippen LogP contribution in [0.2, 0.25) is 0 Å². The van der Waals surface area contributed by atoms with Gasteiger partial charge in [0.05, 0.1) is 6.61 Å². The van der Waals surface area contributed by atoms with Crippen molar-refractivity contribution in [3.8, 4) is 0 Å². The lowest BCUT2D eigenvalue weighted by atomic mass is 9.89. The van der Waals surface area contributed by atoms with E-state index in [-0.39, 0.29) is 6.42 Å². The molecule has 0 unspecified atom stereocenters. The number of ether oxygens (including phenoxy) is 1. The van der Waals surface area contributed by atoms with E-state index in [9.17, 15) is 24.9 Å². The van der Waals surface area contributed by atoms with Crippen molar-refractivity contribution in [2.45, 2.75) is 37.4 Å². The molecule has 0 spiro atoms. The molecule has 1 saturated heterocycles. The Kier molecular flexibility index (Phi) is 3.59. The van der Waals surface area contributed by atoms with Crippen LogP contribution in [0, 0.1) is 0 Å². The molecular weight excluding hydrogens is 256 g/mol. The van der Waals surface area contributed by atoms with Crippen LogP contribution in [0.3, 0.4) is 0 Å². The first-order valence-electron chi connectivity index (χ1n) is 5.92. The smallest absolute Gasteiger partial charge is 0.330 e. The number of hydrogen-bond acceptors (Lipinski definition) is 6. The molecule has 0 aliphatic carbocycles. The molecule has 0 bridgehead atoms. The maximum Gasteiger partial charge on any atom is 0.330 e. The molecule has 1 aliphatic heterocycles. The summed E-state index contributed by atoms with van der Waals surface area (Å²) < 4.78 is 6.30. The zero-order chi connectivity index (χ0) is 14.2. The van der Waals surface area contributed by atoms with Crippen molar-refractivity contribution in [2.24, 2.45) is 0 Å². The Morgan fingerprint density at radius 3 is 2.68 bits per heavy atom. The van der Waals surface area contributed by atoms with Crippen molar-refractivity contribution in [3.05, 3.63) is 33.1 Å². The molecule has 1 aliphatic rings. The minimum absolute atomic E-state index is 0.147. The molecule has 4 atom stereocenters. The van der Waals surface area contributed by atoms with Gasteiger partial charge in [0.2, 0.25) is 0 Å². The highest BCUT2D eigenvalue weighted by Crippen LogP contribution is 2.38. The average molecular weight is 272 g/mol. The Labute approximate surface area is 107 Å². The van der Waals surface area contributed by atoms with E-state index >= 15 is 0 Å². The average Bonchev–Trinajstić information content (AvgIpc) is 2.63. The molecule has 0 amide bonds. The molecule has 2 rings (SSSR count). The van der Waals surface area contributed by atoms with Crippen LogP contribution in [0.4, 0.5) is 0 Å². The van der Waals surface area contributed by atoms with E-state index in [0.717, 1.165) is 10.6 Å². The van der Waals surface area contributed by atoms with Crippen molar-refractivity contribution in [3.63, 3.8) is 0 Å². The number of aromatic amines is 1. The van der Waals surface area contributed by atoms with Crippen LogP contribution in [-0.4, -0.2) is 49.3 Å². The van der Waals surface area contributed by atoms with Gasteiger partial charge in [-0.15, -0.1) is 0 Å². The van der Waals surface area contributed by atoms with E-state index in [2.05, 4.69) is 0 Å². The van der Waals surface area contributed by atoms with Gasteiger partial charge < -0.3 is 20.1 Å². The summed E-state index contributed by atoms with van der Waals surface area (Å²) in [4.78, 5) is 24.7. The lowest BCUT2D eigenvalue weighted by Gasteiger charge is -2.28. The number of rotatable bonds is 3. The van der Waals surface area contributed by atoms with Gasteiger partial charge in [-0.25, -0.2) is 4.79 Å². The van der Waals surface area contributed by atoms with Crippen molar-refractivity contribution >= 4 is 0 Å². The highest BCUT2D eigenvalue weighted by atomic mass is 16.6. The number of nitrogens with zero attached hydrogens (tertiary/aromatic N) is 1. The largest absolute Gasteiger partial charge is 0.394 e. The van der Waals surface area contributed by atoms with E-state index in [1.165, 1.54) is 6.20 Å². The zero-order valence-electron chi connectivity index (χ0n) is 10.3. The van der Waals surface area contributed by atoms with Crippen LogP contribution in [0.15, 0.2) is 21.9 Å². The Balaban J connectivity index is 2.42. The number of nitrogens with one attached hydrogen (secondary N) is 1. The van der Waals surface area contributed by atoms with Crippen LogP contribution in [0.1, 0.15) is 19.6 Å². The third kappa shape index (κ3) is 2.12. The molecule has 4 N–H and O–H groups in total. The molecule has 0 aromatic carbocycles. The van der Waals surface area contributed by atoms with Crippen molar-refractivity contribution in [2.75, 3.05) is 6.61 Å². The Hall–Kier alpha value is -1.48. The summed E-state index contributed by atoms with van der Waals surface area (Å²) in [6, 6.07) is 1.11. The van der Waals surface area contributed by atoms with Gasteiger partial charge in [0.1, 0.15) is 17.8 Å². The van der Waals surface area contributed by atoms with E-state index in [0.29, 0.717) is 0 Å². The standard InChI is InChI=1S/C11H16N2O6/c1-2-11(18)6(5-14)19-9(8(11)16)13-4-3-7(15)12-10(13)17/h3-4,6,8-9,14,16,18H,2,5H2,1H3,(H,12,15,17)/t6-,8+,9-,11-/m1/s1. The van der Waals surface area contributed by atoms with Crippen molar-refractivity contribution in [1.29, 1.82) is 0 Å². The molecule has 2 heterocycles. The summed E-state index contributed by atoms with van der Waals surface area (Å²) in [7, 11) is 0. The van der Waals surface area contributed by atoms with Crippen molar-refractivity contribution in [1.82, 2.24) is 9.55 Å². The normalized spacial score (nSPS) is 34.6. The lowest BCUT2D eigenvalue weighted by molar-refractivity contribution is -0.0945. The van der Waals surface area contributed by atoms with Gasteiger partial charge in [0.25, 0.3) is 5.56 Å². The Morgan fingerprint density at radius 2 is 2.21 bits per heavy atom. The van der Waals surface area contributed by atoms with E-state index in [1.54, 1.807) is 6.92 Å². The first-order valence-corrected chi connectivity index (χ1v) is 5.92. The van der Waals surface area contributed by atoms with E-state index in [4.69, 9.17) is 4.74 Å².